The lowest BCUT2D eigenvalue weighted by Crippen LogP contribution is -2.19. The Bertz CT molecular complexity index is 279. The molecule has 0 aromatic carbocycles. The average Bonchev–Trinajstić information content (AvgIpc) is 2.17. The largest absolute Gasteiger partial charge is 0.330 e. The summed E-state index contributed by atoms with van der Waals surface area (Å²) in [7, 11) is 0. The first kappa shape index (κ1) is 13.7. The number of hydrogen-bond donors (Lipinski definition) is 1. The molecule has 2 N–H and O–H groups in total. The molecular weight excluding hydrogens is 219 g/mol. The van der Waals surface area contributed by atoms with Crippen molar-refractivity contribution in [3.05, 3.63) is 29.6 Å². The number of pyridine rings is 1. The van der Waals surface area contributed by atoms with E-state index in [0.29, 0.717) is 5.92 Å². The second-order valence-corrected chi connectivity index (χ2v) is 3.37. The molecule has 0 saturated heterocycles. The molecule has 0 amide bonds. The van der Waals surface area contributed by atoms with Crippen molar-refractivity contribution in [2.75, 3.05) is 6.54 Å². The Balaban J connectivity index is 0.000000845. The van der Waals surface area contributed by atoms with Gasteiger partial charge in [0.2, 0.25) is 0 Å². The van der Waals surface area contributed by atoms with Crippen molar-refractivity contribution in [2.24, 2.45) is 5.73 Å². The summed E-state index contributed by atoms with van der Waals surface area (Å²) in [4.78, 5) is 4.39. The summed E-state index contributed by atoms with van der Waals surface area (Å²) in [5.41, 5.74) is 8.32. The van der Waals surface area contributed by atoms with Crippen LogP contribution in [0.4, 0.5) is 0 Å². The van der Waals surface area contributed by atoms with Crippen molar-refractivity contribution in [3.8, 4) is 0 Å². The highest BCUT2D eigenvalue weighted by atomic mass is 35.5. The summed E-state index contributed by atoms with van der Waals surface area (Å²) in [6.07, 6.45) is 5.52. The van der Waals surface area contributed by atoms with E-state index in [0.717, 1.165) is 6.54 Å². The topological polar surface area (TPSA) is 38.9 Å². The molecule has 0 aliphatic heterocycles. The maximum absolute atomic E-state index is 5.68. The van der Waals surface area contributed by atoms with E-state index >= 15 is 0 Å². The van der Waals surface area contributed by atoms with Crippen molar-refractivity contribution in [1.82, 2.24) is 4.98 Å². The first-order valence-electron chi connectivity index (χ1n) is 4.55. The van der Waals surface area contributed by atoms with Crippen LogP contribution in [-0.4, -0.2) is 11.5 Å². The number of nitrogens with zero attached hydrogens (tertiary/aromatic N) is 1. The minimum absolute atomic E-state index is 0. The number of hydrogen-bond acceptors (Lipinski definition) is 2. The van der Waals surface area contributed by atoms with E-state index in [1.165, 1.54) is 30.5 Å². The predicted molar refractivity (Wildman–Crippen MR) is 63.5 cm³/mol. The van der Waals surface area contributed by atoms with Gasteiger partial charge in [0, 0.05) is 24.4 Å². The van der Waals surface area contributed by atoms with Gasteiger partial charge in [0.15, 0.2) is 0 Å². The van der Waals surface area contributed by atoms with Crippen molar-refractivity contribution in [2.45, 2.75) is 25.2 Å². The number of aryl methyl sites for hydroxylation is 1. The average molecular weight is 235 g/mol. The summed E-state index contributed by atoms with van der Waals surface area (Å²) < 4.78 is 0. The molecule has 1 atom stereocenters. The summed E-state index contributed by atoms with van der Waals surface area (Å²) in [6.45, 7) is 0.740. The maximum Gasteiger partial charge on any atom is 0.0479 e. The van der Waals surface area contributed by atoms with Gasteiger partial charge in [-0.1, -0.05) is 6.07 Å². The van der Waals surface area contributed by atoms with Gasteiger partial charge in [-0.2, -0.15) is 0 Å². The molecule has 1 aliphatic rings. The third-order valence-electron chi connectivity index (χ3n) is 2.60. The maximum atomic E-state index is 5.68. The molecule has 1 heterocycles. The van der Waals surface area contributed by atoms with Crippen LogP contribution >= 0.6 is 24.8 Å². The fraction of sp³-hybridized carbons (Fsp3) is 0.500. The fourth-order valence-electron chi connectivity index (χ4n) is 1.93. The van der Waals surface area contributed by atoms with Crippen LogP contribution < -0.4 is 5.73 Å². The third kappa shape index (κ3) is 2.59. The molecule has 1 unspecified atom stereocenters. The number of halogens is 2. The molecule has 14 heavy (non-hydrogen) atoms. The SMILES string of the molecule is Cl.Cl.NCC1CCCc2cccnc21. The molecule has 1 aliphatic carbocycles. The minimum Gasteiger partial charge on any atom is -0.330 e. The molecule has 1 aromatic heterocycles. The number of rotatable bonds is 1. The Morgan fingerprint density at radius 1 is 1.43 bits per heavy atom. The van der Waals surface area contributed by atoms with E-state index < -0.39 is 0 Å². The smallest absolute Gasteiger partial charge is 0.0479 e. The lowest BCUT2D eigenvalue weighted by molar-refractivity contribution is 0.545. The van der Waals surface area contributed by atoms with Crippen molar-refractivity contribution >= 4 is 24.8 Å². The summed E-state index contributed by atoms with van der Waals surface area (Å²) in [5, 5.41) is 0. The highest BCUT2D eigenvalue weighted by Gasteiger charge is 2.19. The Hall–Kier alpha value is -0.310. The first-order valence-corrected chi connectivity index (χ1v) is 4.55. The van der Waals surface area contributed by atoms with E-state index in [2.05, 4.69) is 11.1 Å². The van der Waals surface area contributed by atoms with E-state index in [9.17, 15) is 0 Å². The van der Waals surface area contributed by atoms with Crippen LogP contribution in [0.2, 0.25) is 0 Å². The molecule has 4 heteroatoms. The molecule has 2 rings (SSSR count). The van der Waals surface area contributed by atoms with Gasteiger partial charge in [0.1, 0.15) is 0 Å². The van der Waals surface area contributed by atoms with E-state index in [1.807, 2.05) is 12.3 Å². The number of nitrogens with two attached hydrogens (primary N) is 1. The molecule has 0 saturated carbocycles. The van der Waals surface area contributed by atoms with Crippen LogP contribution in [0.5, 0.6) is 0 Å². The second-order valence-electron chi connectivity index (χ2n) is 3.37. The van der Waals surface area contributed by atoms with Crippen molar-refractivity contribution in [3.63, 3.8) is 0 Å². The zero-order valence-electron chi connectivity index (χ0n) is 7.98. The van der Waals surface area contributed by atoms with Gasteiger partial charge < -0.3 is 5.73 Å². The summed E-state index contributed by atoms with van der Waals surface area (Å²) >= 11 is 0. The molecule has 2 nitrogen and oxygen atoms in total. The van der Waals surface area contributed by atoms with Crippen LogP contribution in [0.25, 0.3) is 0 Å². The van der Waals surface area contributed by atoms with E-state index in [4.69, 9.17) is 5.73 Å². The highest BCUT2D eigenvalue weighted by Crippen LogP contribution is 2.28. The summed E-state index contributed by atoms with van der Waals surface area (Å²) in [6, 6.07) is 4.18. The lowest BCUT2D eigenvalue weighted by atomic mass is 9.87. The van der Waals surface area contributed by atoms with Crippen LogP contribution in [0, 0.1) is 0 Å². The van der Waals surface area contributed by atoms with Crippen molar-refractivity contribution in [1.29, 1.82) is 0 Å². The molecule has 0 radical (unpaired) electrons. The van der Waals surface area contributed by atoms with Crippen molar-refractivity contribution < 1.29 is 0 Å². The first-order chi connectivity index (χ1) is 5.92. The molecule has 0 bridgehead atoms. The van der Waals surface area contributed by atoms with Crippen LogP contribution in [0.15, 0.2) is 18.3 Å². The Kier molecular flexibility index (Phi) is 6.09. The van der Waals surface area contributed by atoms with Gasteiger partial charge in [-0.15, -0.1) is 24.8 Å². The Morgan fingerprint density at radius 2 is 2.21 bits per heavy atom. The normalized spacial score (nSPS) is 18.8. The van der Waals surface area contributed by atoms with Crippen LogP contribution in [0.3, 0.4) is 0 Å². The number of aromatic nitrogens is 1. The fourth-order valence-corrected chi connectivity index (χ4v) is 1.93. The lowest BCUT2D eigenvalue weighted by Gasteiger charge is -2.22. The highest BCUT2D eigenvalue weighted by molar-refractivity contribution is 5.85. The van der Waals surface area contributed by atoms with E-state index in [-0.39, 0.29) is 24.8 Å². The molecule has 1 aromatic rings. The minimum atomic E-state index is 0. The third-order valence-corrected chi connectivity index (χ3v) is 2.60. The van der Waals surface area contributed by atoms with Crippen LogP contribution in [-0.2, 0) is 6.42 Å². The van der Waals surface area contributed by atoms with Gasteiger partial charge in [-0.3, -0.25) is 4.98 Å². The van der Waals surface area contributed by atoms with Gasteiger partial charge >= 0.3 is 0 Å². The standard InChI is InChI=1S/C10H14N2.2ClH/c11-7-9-4-1-3-8-5-2-6-12-10(8)9;;/h2,5-6,9H,1,3-4,7,11H2;2*1H. The monoisotopic (exact) mass is 234 g/mol. The van der Waals surface area contributed by atoms with E-state index in [1.54, 1.807) is 0 Å². The Morgan fingerprint density at radius 3 is 2.93 bits per heavy atom. The Labute approximate surface area is 97.1 Å². The molecule has 0 spiro atoms. The molecular formula is C10H16Cl2N2. The molecule has 80 valence electrons. The predicted octanol–water partition coefficient (Wildman–Crippen LogP) is 2.30. The van der Waals surface area contributed by atoms with Gasteiger partial charge in [-0.05, 0) is 30.9 Å². The quantitative estimate of drug-likeness (QED) is 0.811. The second kappa shape index (κ2) is 6.23. The zero-order chi connectivity index (χ0) is 8.39. The number of fused-ring (bicyclic) bond motifs is 1. The summed E-state index contributed by atoms with van der Waals surface area (Å²) in [5.74, 6) is 0.509. The van der Waals surface area contributed by atoms with Gasteiger partial charge in [0.25, 0.3) is 0 Å². The van der Waals surface area contributed by atoms with Gasteiger partial charge in [-0.25, -0.2) is 0 Å². The van der Waals surface area contributed by atoms with Gasteiger partial charge in [0.05, 0.1) is 0 Å². The van der Waals surface area contributed by atoms with Crippen LogP contribution in [0.1, 0.15) is 30.0 Å². The zero-order valence-corrected chi connectivity index (χ0v) is 9.61. The molecule has 0 fully saturated rings.